The lowest BCUT2D eigenvalue weighted by atomic mass is 10.1. The van der Waals surface area contributed by atoms with E-state index in [2.05, 4.69) is 15.3 Å². The summed E-state index contributed by atoms with van der Waals surface area (Å²) in [7, 11) is -3.71. The SMILES string of the molecule is O=C(Nc1cc(S(=O)(=O)N2CCOCC2)ccc1N1CCOCC1)c1ccc(-n2cccn2)cc1. The van der Waals surface area contributed by atoms with Crippen LogP contribution in [0.4, 0.5) is 11.4 Å². The summed E-state index contributed by atoms with van der Waals surface area (Å²) in [6.07, 6.45) is 3.51. The van der Waals surface area contributed by atoms with Crippen LogP contribution in [0.3, 0.4) is 0 Å². The van der Waals surface area contributed by atoms with E-state index >= 15 is 0 Å². The summed E-state index contributed by atoms with van der Waals surface area (Å²) in [6, 6.07) is 13.8. The number of amides is 1. The highest BCUT2D eigenvalue weighted by molar-refractivity contribution is 7.89. The van der Waals surface area contributed by atoms with Crippen molar-refractivity contribution >= 4 is 27.3 Å². The highest BCUT2D eigenvalue weighted by atomic mass is 32.2. The number of morpholine rings is 2. The Hall–Kier alpha value is -3.25. The molecule has 11 heteroatoms. The molecule has 0 saturated carbocycles. The van der Waals surface area contributed by atoms with Gasteiger partial charge in [0.2, 0.25) is 10.0 Å². The standard InChI is InChI=1S/C24H27N5O5S/c30-24(19-2-4-20(5-3-19)29-9-1-8-25-29)26-22-18-21(35(31,32)28-12-16-34-17-13-28)6-7-23(22)27-10-14-33-15-11-27/h1-9,18H,10-17H2,(H,26,30). The number of nitrogens with zero attached hydrogens (tertiary/aromatic N) is 4. The van der Waals surface area contributed by atoms with E-state index in [-0.39, 0.29) is 10.8 Å². The minimum Gasteiger partial charge on any atom is -0.379 e. The third-order valence-electron chi connectivity index (χ3n) is 6.07. The first-order valence-electron chi connectivity index (χ1n) is 11.5. The van der Waals surface area contributed by atoms with Crippen molar-refractivity contribution < 1.29 is 22.7 Å². The Balaban J connectivity index is 1.44. The number of benzene rings is 2. The fourth-order valence-electron chi connectivity index (χ4n) is 4.17. The highest BCUT2D eigenvalue weighted by Crippen LogP contribution is 2.31. The quantitative estimate of drug-likeness (QED) is 0.555. The molecule has 2 aliphatic rings. The Kier molecular flexibility index (Phi) is 6.82. The number of ether oxygens (including phenoxy) is 2. The van der Waals surface area contributed by atoms with E-state index in [1.54, 1.807) is 41.2 Å². The topological polar surface area (TPSA) is 106 Å². The predicted octanol–water partition coefficient (Wildman–Crippen LogP) is 1.98. The van der Waals surface area contributed by atoms with Crippen molar-refractivity contribution in [3.05, 3.63) is 66.5 Å². The molecule has 0 unspecified atom stereocenters. The number of hydrogen-bond acceptors (Lipinski definition) is 7. The first-order valence-corrected chi connectivity index (χ1v) is 12.9. The van der Waals surface area contributed by atoms with Crippen molar-refractivity contribution in [1.29, 1.82) is 0 Å². The van der Waals surface area contributed by atoms with Crippen LogP contribution in [0.2, 0.25) is 0 Å². The van der Waals surface area contributed by atoms with Crippen LogP contribution >= 0.6 is 0 Å². The van der Waals surface area contributed by atoms with Gasteiger partial charge in [-0.25, -0.2) is 13.1 Å². The molecule has 1 amide bonds. The summed E-state index contributed by atoms with van der Waals surface area (Å²) in [5.74, 6) is -0.326. The Morgan fingerprint density at radius 1 is 0.914 bits per heavy atom. The lowest BCUT2D eigenvalue weighted by molar-refractivity contribution is 0.0730. The summed E-state index contributed by atoms with van der Waals surface area (Å²) >= 11 is 0. The third kappa shape index (κ3) is 5.08. The molecule has 2 aliphatic heterocycles. The van der Waals surface area contributed by atoms with Gasteiger partial charge in [-0.2, -0.15) is 9.40 Å². The number of sulfonamides is 1. The van der Waals surface area contributed by atoms with Crippen molar-refractivity contribution in [2.45, 2.75) is 4.90 Å². The molecule has 35 heavy (non-hydrogen) atoms. The minimum absolute atomic E-state index is 0.140. The molecule has 0 aliphatic carbocycles. The van der Waals surface area contributed by atoms with Crippen LogP contribution in [0.25, 0.3) is 5.69 Å². The molecule has 10 nitrogen and oxygen atoms in total. The highest BCUT2D eigenvalue weighted by Gasteiger charge is 2.28. The Bertz CT molecular complexity index is 1270. The van der Waals surface area contributed by atoms with Gasteiger partial charge in [0.25, 0.3) is 5.91 Å². The maximum Gasteiger partial charge on any atom is 0.255 e. The van der Waals surface area contributed by atoms with E-state index in [0.717, 1.165) is 11.4 Å². The summed E-state index contributed by atoms with van der Waals surface area (Å²) in [4.78, 5) is 15.4. The monoisotopic (exact) mass is 497 g/mol. The zero-order chi connectivity index (χ0) is 24.3. The number of rotatable bonds is 6. The van der Waals surface area contributed by atoms with Crippen molar-refractivity contribution in [2.75, 3.05) is 62.8 Å². The zero-order valence-corrected chi connectivity index (χ0v) is 20.0. The molecule has 2 aromatic carbocycles. The minimum atomic E-state index is -3.71. The van der Waals surface area contributed by atoms with Crippen LogP contribution in [0, 0.1) is 0 Å². The lowest BCUT2D eigenvalue weighted by Crippen LogP contribution is -2.40. The Morgan fingerprint density at radius 2 is 1.60 bits per heavy atom. The van der Waals surface area contributed by atoms with Crippen LogP contribution in [-0.2, 0) is 19.5 Å². The predicted molar refractivity (Wildman–Crippen MR) is 131 cm³/mol. The van der Waals surface area contributed by atoms with E-state index < -0.39 is 10.0 Å². The molecule has 3 aromatic rings. The number of hydrogen-bond donors (Lipinski definition) is 1. The second-order valence-corrected chi connectivity index (χ2v) is 10.2. The van der Waals surface area contributed by atoms with E-state index in [1.165, 1.54) is 4.31 Å². The zero-order valence-electron chi connectivity index (χ0n) is 19.2. The molecule has 1 aromatic heterocycles. The van der Waals surface area contributed by atoms with Gasteiger partial charge in [-0.05, 0) is 48.5 Å². The first-order chi connectivity index (χ1) is 17.0. The molecule has 3 heterocycles. The smallest absolute Gasteiger partial charge is 0.255 e. The van der Waals surface area contributed by atoms with E-state index in [1.807, 2.05) is 24.4 Å². The molecule has 184 valence electrons. The largest absolute Gasteiger partial charge is 0.379 e. The second kappa shape index (κ2) is 10.2. The van der Waals surface area contributed by atoms with Crippen molar-refractivity contribution in [3.63, 3.8) is 0 Å². The van der Waals surface area contributed by atoms with Crippen LogP contribution in [0.15, 0.2) is 65.8 Å². The van der Waals surface area contributed by atoms with Gasteiger partial charge < -0.3 is 19.7 Å². The van der Waals surface area contributed by atoms with E-state index in [9.17, 15) is 13.2 Å². The lowest BCUT2D eigenvalue weighted by Gasteiger charge is -2.31. The number of aromatic nitrogens is 2. The molecule has 0 radical (unpaired) electrons. The Morgan fingerprint density at radius 3 is 2.26 bits per heavy atom. The van der Waals surface area contributed by atoms with Gasteiger partial charge in [0.05, 0.1) is 48.4 Å². The fraction of sp³-hybridized carbons (Fsp3) is 0.333. The van der Waals surface area contributed by atoms with E-state index in [4.69, 9.17) is 9.47 Å². The molecule has 0 spiro atoms. The molecule has 1 N–H and O–H groups in total. The molecular weight excluding hydrogens is 470 g/mol. The van der Waals surface area contributed by atoms with Gasteiger partial charge in [-0.15, -0.1) is 0 Å². The van der Waals surface area contributed by atoms with E-state index in [0.29, 0.717) is 63.9 Å². The van der Waals surface area contributed by atoms with Crippen LogP contribution in [0.1, 0.15) is 10.4 Å². The maximum absolute atomic E-state index is 13.2. The van der Waals surface area contributed by atoms with Crippen LogP contribution in [0.5, 0.6) is 0 Å². The third-order valence-corrected chi connectivity index (χ3v) is 7.97. The van der Waals surface area contributed by atoms with Gasteiger partial charge in [-0.3, -0.25) is 4.79 Å². The summed E-state index contributed by atoms with van der Waals surface area (Å²) < 4.78 is 40.4. The van der Waals surface area contributed by atoms with Crippen LogP contribution in [-0.4, -0.2) is 81.0 Å². The summed E-state index contributed by atoms with van der Waals surface area (Å²) in [5, 5.41) is 7.14. The molecule has 0 bridgehead atoms. The first kappa shape index (κ1) is 23.5. The normalized spacial score (nSPS) is 17.3. The van der Waals surface area contributed by atoms with Gasteiger partial charge in [0, 0.05) is 44.1 Å². The fourth-order valence-corrected chi connectivity index (χ4v) is 5.61. The van der Waals surface area contributed by atoms with Crippen molar-refractivity contribution in [1.82, 2.24) is 14.1 Å². The maximum atomic E-state index is 13.2. The molecule has 5 rings (SSSR count). The second-order valence-electron chi connectivity index (χ2n) is 8.25. The number of nitrogens with one attached hydrogen (secondary N) is 1. The molecule has 0 atom stereocenters. The molecule has 2 saturated heterocycles. The molecule has 2 fully saturated rings. The number of anilines is 2. The Labute approximate surface area is 204 Å². The van der Waals surface area contributed by atoms with Crippen molar-refractivity contribution in [3.8, 4) is 5.69 Å². The van der Waals surface area contributed by atoms with Gasteiger partial charge in [0.1, 0.15) is 0 Å². The number of carbonyl (C=O) groups is 1. The van der Waals surface area contributed by atoms with Gasteiger partial charge >= 0.3 is 0 Å². The average Bonchev–Trinajstić information content (AvgIpc) is 3.45. The van der Waals surface area contributed by atoms with Gasteiger partial charge in [0.15, 0.2) is 0 Å². The summed E-state index contributed by atoms with van der Waals surface area (Å²) in [5.41, 5.74) is 2.49. The summed E-state index contributed by atoms with van der Waals surface area (Å²) in [6.45, 7) is 3.77. The van der Waals surface area contributed by atoms with Crippen molar-refractivity contribution in [2.24, 2.45) is 0 Å². The van der Waals surface area contributed by atoms with Gasteiger partial charge in [-0.1, -0.05) is 0 Å². The average molecular weight is 498 g/mol. The van der Waals surface area contributed by atoms with Crippen LogP contribution < -0.4 is 10.2 Å². The number of carbonyl (C=O) groups excluding carboxylic acids is 1. The molecular formula is C24H27N5O5S.